The molecule has 3 rings (SSSR count). The number of nitrogens with zero attached hydrogens (tertiary/aromatic N) is 1. The number of carbonyl (C=O) groups excluding carboxylic acids is 1. The molecule has 2 N–H and O–H groups in total. The molecule has 0 aliphatic rings. The van der Waals surface area contributed by atoms with Crippen LogP contribution in [0.2, 0.25) is 0 Å². The minimum absolute atomic E-state index is 0.361. The zero-order chi connectivity index (χ0) is 20.1. The first kappa shape index (κ1) is 19.3. The third-order valence-corrected chi connectivity index (χ3v) is 4.47. The number of primary amides is 1. The van der Waals surface area contributed by atoms with E-state index in [1.54, 1.807) is 25.4 Å². The number of aromatic nitrogens is 1. The van der Waals surface area contributed by atoms with Crippen LogP contribution in [-0.4, -0.2) is 23.6 Å². The highest BCUT2D eigenvalue weighted by atomic mass is 16.5. The van der Waals surface area contributed by atoms with Crippen LogP contribution in [0.1, 0.15) is 29.8 Å². The van der Waals surface area contributed by atoms with Gasteiger partial charge in [-0.25, -0.2) is 0 Å². The van der Waals surface area contributed by atoms with E-state index in [1.807, 2.05) is 62.4 Å². The summed E-state index contributed by atoms with van der Waals surface area (Å²) in [5, 5.41) is 0. The van der Waals surface area contributed by atoms with E-state index >= 15 is 0 Å². The number of nitrogens with two attached hydrogens (primary N) is 1. The fraction of sp³-hybridized carbons (Fsp3) is 0.167. The third-order valence-electron chi connectivity index (χ3n) is 4.47. The Bertz CT molecular complexity index is 1060. The minimum Gasteiger partial charge on any atom is -0.366 e. The van der Waals surface area contributed by atoms with E-state index in [2.05, 4.69) is 16.8 Å². The Labute approximate surface area is 165 Å². The Hall–Kier alpha value is -3.42. The molecule has 0 saturated carbocycles. The molecule has 0 saturated heterocycles. The van der Waals surface area contributed by atoms with E-state index in [0.717, 1.165) is 22.3 Å². The lowest BCUT2D eigenvalue weighted by molar-refractivity contribution is 0.0741. The van der Waals surface area contributed by atoms with Crippen LogP contribution >= 0.6 is 0 Å². The van der Waals surface area contributed by atoms with Crippen molar-refractivity contribution in [2.45, 2.75) is 19.4 Å². The van der Waals surface area contributed by atoms with Crippen molar-refractivity contribution in [1.29, 1.82) is 0 Å². The lowest BCUT2D eigenvalue weighted by Crippen LogP contribution is -2.19. The summed E-state index contributed by atoms with van der Waals surface area (Å²) in [7, 11) is 1.62. The molecular formula is C24H22N2O2. The monoisotopic (exact) mass is 370 g/mol. The Balaban J connectivity index is 2.33. The summed E-state index contributed by atoms with van der Waals surface area (Å²) in [6.07, 6.45) is 1.65. The molecule has 1 heterocycles. The summed E-state index contributed by atoms with van der Waals surface area (Å²) in [4.78, 5) is 16.5. The van der Waals surface area contributed by atoms with Gasteiger partial charge in [0.25, 0.3) is 5.91 Å². The van der Waals surface area contributed by atoms with Gasteiger partial charge in [-0.1, -0.05) is 54.3 Å². The molecule has 4 nitrogen and oxygen atoms in total. The summed E-state index contributed by atoms with van der Waals surface area (Å²) in [5.41, 5.74) is 9.38. The van der Waals surface area contributed by atoms with Gasteiger partial charge in [-0.3, -0.25) is 9.78 Å². The average molecular weight is 370 g/mol. The largest absolute Gasteiger partial charge is 0.366 e. The van der Waals surface area contributed by atoms with Crippen LogP contribution < -0.4 is 5.73 Å². The number of ether oxygens (including phenoxy) is 1. The maximum Gasteiger partial charge on any atom is 0.250 e. The number of rotatable bonds is 4. The first-order chi connectivity index (χ1) is 13.4. The third kappa shape index (κ3) is 4.11. The molecule has 0 aliphatic carbocycles. The molecule has 2 aromatic carbocycles. The zero-order valence-corrected chi connectivity index (χ0v) is 16.2. The maximum atomic E-state index is 12.0. The summed E-state index contributed by atoms with van der Waals surface area (Å²) in [5.74, 6) is 5.83. The molecule has 0 atom stereocenters. The van der Waals surface area contributed by atoms with Crippen molar-refractivity contribution in [1.82, 2.24) is 4.98 Å². The van der Waals surface area contributed by atoms with Crippen molar-refractivity contribution in [2.24, 2.45) is 5.73 Å². The van der Waals surface area contributed by atoms with E-state index in [4.69, 9.17) is 10.5 Å². The van der Waals surface area contributed by atoms with Gasteiger partial charge in [-0.2, -0.15) is 0 Å². The van der Waals surface area contributed by atoms with Crippen LogP contribution in [0.25, 0.3) is 22.4 Å². The normalized spacial score (nSPS) is 10.8. The van der Waals surface area contributed by atoms with Crippen molar-refractivity contribution in [3.63, 3.8) is 0 Å². The summed E-state index contributed by atoms with van der Waals surface area (Å²) >= 11 is 0. The highest BCUT2D eigenvalue weighted by molar-refractivity contribution is 6.01. The molecule has 0 unspecified atom stereocenters. The first-order valence-electron chi connectivity index (χ1n) is 8.95. The zero-order valence-electron chi connectivity index (χ0n) is 16.2. The number of hydrogen-bond acceptors (Lipinski definition) is 3. The second-order valence-electron chi connectivity index (χ2n) is 6.82. The molecule has 0 aliphatic heterocycles. The Morgan fingerprint density at radius 2 is 1.79 bits per heavy atom. The van der Waals surface area contributed by atoms with Crippen molar-refractivity contribution in [3.8, 4) is 34.2 Å². The van der Waals surface area contributed by atoms with Crippen LogP contribution in [0, 0.1) is 11.8 Å². The van der Waals surface area contributed by atoms with E-state index in [1.165, 1.54) is 0 Å². The molecule has 0 fully saturated rings. The smallest absolute Gasteiger partial charge is 0.250 e. The van der Waals surface area contributed by atoms with Crippen LogP contribution in [-0.2, 0) is 4.74 Å². The van der Waals surface area contributed by atoms with E-state index in [0.29, 0.717) is 11.3 Å². The quantitative estimate of drug-likeness (QED) is 0.697. The van der Waals surface area contributed by atoms with Crippen LogP contribution in [0.15, 0.2) is 66.9 Å². The number of methoxy groups -OCH3 is 1. The maximum absolute atomic E-state index is 12.0. The minimum atomic E-state index is -0.601. The van der Waals surface area contributed by atoms with E-state index in [-0.39, 0.29) is 0 Å². The van der Waals surface area contributed by atoms with E-state index in [9.17, 15) is 4.79 Å². The van der Waals surface area contributed by atoms with Gasteiger partial charge in [0.1, 0.15) is 5.60 Å². The summed E-state index contributed by atoms with van der Waals surface area (Å²) < 4.78 is 5.42. The van der Waals surface area contributed by atoms with Gasteiger partial charge in [-0.05, 0) is 43.2 Å². The topological polar surface area (TPSA) is 65.2 Å². The van der Waals surface area contributed by atoms with Crippen LogP contribution in [0.5, 0.6) is 0 Å². The number of pyridine rings is 1. The molecule has 0 bridgehead atoms. The van der Waals surface area contributed by atoms with Crippen LogP contribution in [0.3, 0.4) is 0 Å². The van der Waals surface area contributed by atoms with E-state index < -0.39 is 11.5 Å². The van der Waals surface area contributed by atoms with Gasteiger partial charge >= 0.3 is 0 Å². The second-order valence-corrected chi connectivity index (χ2v) is 6.82. The molecule has 4 heteroatoms. The molecule has 140 valence electrons. The summed E-state index contributed by atoms with van der Waals surface area (Å²) in [6.45, 7) is 3.80. The molecule has 0 radical (unpaired) electrons. The average Bonchev–Trinajstić information content (AvgIpc) is 2.72. The number of hydrogen-bond donors (Lipinski definition) is 1. The van der Waals surface area contributed by atoms with Crippen molar-refractivity contribution in [2.75, 3.05) is 7.11 Å². The fourth-order valence-electron chi connectivity index (χ4n) is 2.84. The first-order valence-corrected chi connectivity index (χ1v) is 8.95. The van der Waals surface area contributed by atoms with Gasteiger partial charge in [0, 0.05) is 24.4 Å². The lowest BCUT2D eigenvalue weighted by Gasteiger charge is -2.16. The number of carbonyl (C=O) groups is 1. The Morgan fingerprint density at radius 1 is 1.04 bits per heavy atom. The van der Waals surface area contributed by atoms with Gasteiger partial charge in [0.15, 0.2) is 0 Å². The second kappa shape index (κ2) is 8.08. The van der Waals surface area contributed by atoms with Gasteiger partial charge in [0.2, 0.25) is 0 Å². The SMILES string of the molecule is COC(C)(C)C#Cc1cccc(-c2ccccc2)c1-c1ncccc1C(N)=O. The highest BCUT2D eigenvalue weighted by Crippen LogP contribution is 2.35. The predicted molar refractivity (Wildman–Crippen MR) is 112 cm³/mol. The number of benzene rings is 2. The highest BCUT2D eigenvalue weighted by Gasteiger charge is 2.19. The molecule has 3 aromatic rings. The molecular weight excluding hydrogens is 348 g/mol. The van der Waals surface area contributed by atoms with Crippen molar-refractivity contribution in [3.05, 3.63) is 78.0 Å². The molecule has 28 heavy (non-hydrogen) atoms. The lowest BCUT2D eigenvalue weighted by atomic mass is 9.91. The number of amides is 1. The van der Waals surface area contributed by atoms with Crippen molar-refractivity contribution >= 4 is 5.91 Å². The summed E-state index contributed by atoms with van der Waals surface area (Å²) in [6, 6.07) is 19.2. The molecule has 1 amide bonds. The molecule has 0 spiro atoms. The molecule has 1 aromatic heterocycles. The van der Waals surface area contributed by atoms with Gasteiger partial charge in [-0.15, -0.1) is 0 Å². The van der Waals surface area contributed by atoms with Gasteiger partial charge in [0.05, 0.1) is 11.3 Å². The fourth-order valence-corrected chi connectivity index (χ4v) is 2.84. The Kier molecular flexibility index (Phi) is 5.58. The predicted octanol–water partition coefficient (Wildman–Crippen LogP) is 4.29. The standard InChI is InChI=1S/C24H22N2O2/c1-24(2,28-3)15-14-18-11-7-12-19(17-9-5-4-6-10-17)21(18)22-20(23(25)27)13-8-16-26-22/h4-13,16H,1-3H3,(H2,25,27). The van der Waals surface area contributed by atoms with Crippen molar-refractivity contribution < 1.29 is 9.53 Å². The van der Waals surface area contributed by atoms with Crippen LogP contribution in [0.4, 0.5) is 0 Å². The Morgan fingerprint density at radius 3 is 2.46 bits per heavy atom. The van der Waals surface area contributed by atoms with Gasteiger partial charge < -0.3 is 10.5 Å².